The lowest BCUT2D eigenvalue weighted by Gasteiger charge is -2.14. The zero-order valence-corrected chi connectivity index (χ0v) is 16.1. The lowest BCUT2D eigenvalue weighted by molar-refractivity contribution is 0.262. The molecule has 1 heterocycles. The molecule has 0 radical (unpaired) electrons. The summed E-state index contributed by atoms with van der Waals surface area (Å²) in [5.41, 5.74) is 1.13. The summed E-state index contributed by atoms with van der Waals surface area (Å²) < 4.78 is 28.7. The van der Waals surface area contributed by atoms with Gasteiger partial charge in [0, 0.05) is 11.5 Å². The summed E-state index contributed by atoms with van der Waals surface area (Å²) >= 11 is 0. The molecule has 0 atom stereocenters. The SMILES string of the molecule is CC(C)(C)c1cc(NC(=O)Nc2cccc(F)c2F)n(-c2cccc(C#N)c2)n1. The molecule has 0 saturated heterocycles. The Hall–Kier alpha value is -3.73. The van der Waals surface area contributed by atoms with E-state index in [1.165, 1.54) is 16.8 Å². The van der Waals surface area contributed by atoms with Crippen molar-refractivity contribution in [1.29, 1.82) is 5.26 Å². The summed E-state index contributed by atoms with van der Waals surface area (Å²) in [7, 11) is 0. The fourth-order valence-electron chi connectivity index (χ4n) is 2.61. The molecule has 2 aromatic carbocycles. The summed E-state index contributed by atoms with van der Waals surface area (Å²) in [6, 6.07) is 13.3. The van der Waals surface area contributed by atoms with Crippen LogP contribution in [-0.4, -0.2) is 15.8 Å². The fraction of sp³-hybridized carbons (Fsp3) is 0.190. The molecular weight excluding hydrogens is 376 g/mol. The normalized spacial score (nSPS) is 11.0. The molecule has 2 N–H and O–H groups in total. The van der Waals surface area contributed by atoms with Crippen molar-refractivity contribution in [2.75, 3.05) is 10.6 Å². The molecule has 0 aliphatic heterocycles. The van der Waals surface area contributed by atoms with Crippen LogP contribution in [0.4, 0.5) is 25.1 Å². The first-order chi connectivity index (χ1) is 13.7. The van der Waals surface area contributed by atoms with Crippen molar-refractivity contribution in [3.05, 3.63) is 71.4 Å². The third-order valence-electron chi connectivity index (χ3n) is 4.14. The van der Waals surface area contributed by atoms with Crippen LogP contribution in [0.1, 0.15) is 32.0 Å². The van der Waals surface area contributed by atoms with Crippen LogP contribution in [0, 0.1) is 23.0 Å². The largest absolute Gasteiger partial charge is 0.324 e. The first-order valence-corrected chi connectivity index (χ1v) is 8.82. The van der Waals surface area contributed by atoms with Gasteiger partial charge in [-0.15, -0.1) is 0 Å². The van der Waals surface area contributed by atoms with Crippen LogP contribution < -0.4 is 10.6 Å². The van der Waals surface area contributed by atoms with Gasteiger partial charge < -0.3 is 5.32 Å². The van der Waals surface area contributed by atoms with Gasteiger partial charge in [-0.1, -0.05) is 32.9 Å². The molecular formula is C21H19F2N5O. The average molecular weight is 395 g/mol. The summed E-state index contributed by atoms with van der Waals surface area (Å²) in [5.74, 6) is -1.89. The van der Waals surface area contributed by atoms with E-state index in [9.17, 15) is 13.6 Å². The molecule has 0 aliphatic carbocycles. The number of carbonyl (C=O) groups is 1. The second-order valence-electron chi connectivity index (χ2n) is 7.42. The van der Waals surface area contributed by atoms with Crippen molar-refractivity contribution < 1.29 is 13.6 Å². The Labute approximate surface area is 166 Å². The van der Waals surface area contributed by atoms with Crippen LogP contribution in [-0.2, 0) is 5.41 Å². The molecule has 148 valence electrons. The molecule has 0 bridgehead atoms. The molecule has 3 rings (SSSR count). The zero-order chi connectivity index (χ0) is 21.2. The highest BCUT2D eigenvalue weighted by molar-refractivity contribution is 5.99. The van der Waals surface area contributed by atoms with E-state index in [4.69, 9.17) is 5.26 Å². The minimum atomic E-state index is -1.15. The van der Waals surface area contributed by atoms with E-state index in [2.05, 4.69) is 21.8 Å². The Bertz CT molecular complexity index is 1110. The molecule has 8 heteroatoms. The summed E-state index contributed by atoms with van der Waals surface area (Å²) in [5, 5.41) is 18.6. The lowest BCUT2D eigenvalue weighted by Crippen LogP contribution is -2.22. The number of carbonyl (C=O) groups excluding carboxylic acids is 1. The number of rotatable bonds is 3. The van der Waals surface area contributed by atoms with E-state index in [1.54, 1.807) is 30.3 Å². The van der Waals surface area contributed by atoms with Crippen molar-refractivity contribution in [2.45, 2.75) is 26.2 Å². The predicted octanol–water partition coefficient (Wildman–Crippen LogP) is 4.96. The van der Waals surface area contributed by atoms with Gasteiger partial charge in [0.1, 0.15) is 5.82 Å². The number of anilines is 2. The maximum atomic E-state index is 13.8. The maximum absolute atomic E-state index is 13.8. The number of nitriles is 1. The maximum Gasteiger partial charge on any atom is 0.324 e. The van der Waals surface area contributed by atoms with Crippen LogP contribution in [0.2, 0.25) is 0 Å². The average Bonchev–Trinajstić information content (AvgIpc) is 3.09. The molecule has 1 aromatic heterocycles. The number of benzene rings is 2. The van der Waals surface area contributed by atoms with Gasteiger partial charge in [-0.25, -0.2) is 18.3 Å². The second kappa shape index (κ2) is 7.72. The number of hydrogen-bond acceptors (Lipinski definition) is 3. The number of aromatic nitrogens is 2. The minimum absolute atomic E-state index is 0.281. The van der Waals surface area contributed by atoms with Gasteiger partial charge in [0.15, 0.2) is 11.6 Å². The van der Waals surface area contributed by atoms with Crippen LogP contribution in [0.25, 0.3) is 5.69 Å². The number of hydrogen-bond donors (Lipinski definition) is 2. The number of halogens is 2. The third-order valence-corrected chi connectivity index (χ3v) is 4.14. The highest BCUT2D eigenvalue weighted by atomic mass is 19.2. The molecule has 6 nitrogen and oxygen atoms in total. The first-order valence-electron chi connectivity index (χ1n) is 8.82. The number of nitrogens with one attached hydrogen (secondary N) is 2. The van der Waals surface area contributed by atoms with Crippen molar-refractivity contribution in [2.24, 2.45) is 0 Å². The van der Waals surface area contributed by atoms with Crippen molar-refractivity contribution >= 4 is 17.5 Å². The molecule has 0 unspecified atom stereocenters. The second-order valence-corrected chi connectivity index (χ2v) is 7.42. The van der Waals surface area contributed by atoms with Crippen LogP contribution in [0.3, 0.4) is 0 Å². The highest BCUT2D eigenvalue weighted by Crippen LogP contribution is 2.27. The van der Waals surface area contributed by atoms with Crippen molar-refractivity contribution in [3.63, 3.8) is 0 Å². The lowest BCUT2D eigenvalue weighted by atomic mass is 9.92. The molecule has 0 aliphatic rings. The van der Waals surface area contributed by atoms with Crippen LogP contribution >= 0.6 is 0 Å². The Balaban J connectivity index is 1.95. The molecule has 3 aromatic rings. The van der Waals surface area contributed by atoms with Crippen LogP contribution in [0.5, 0.6) is 0 Å². The Morgan fingerprint density at radius 3 is 2.52 bits per heavy atom. The number of urea groups is 1. The Morgan fingerprint density at radius 2 is 1.83 bits per heavy atom. The van der Waals surface area contributed by atoms with Crippen molar-refractivity contribution in [3.8, 4) is 11.8 Å². The van der Waals surface area contributed by atoms with Gasteiger partial charge in [-0.3, -0.25) is 5.32 Å². The smallest absolute Gasteiger partial charge is 0.305 e. The van der Waals surface area contributed by atoms with E-state index in [0.29, 0.717) is 22.8 Å². The van der Waals surface area contributed by atoms with E-state index >= 15 is 0 Å². The summed E-state index contributed by atoms with van der Waals surface area (Å²) in [4.78, 5) is 12.4. The van der Waals surface area contributed by atoms with Gasteiger partial charge in [0.2, 0.25) is 0 Å². The minimum Gasteiger partial charge on any atom is -0.305 e. The van der Waals surface area contributed by atoms with Gasteiger partial charge in [-0.2, -0.15) is 10.4 Å². The van der Waals surface area contributed by atoms with E-state index in [-0.39, 0.29) is 11.1 Å². The molecule has 0 fully saturated rings. The highest BCUT2D eigenvalue weighted by Gasteiger charge is 2.22. The third kappa shape index (κ3) is 4.41. The van der Waals surface area contributed by atoms with Gasteiger partial charge >= 0.3 is 6.03 Å². The van der Waals surface area contributed by atoms with Gasteiger partial charge in [0.05, 0.1) is 28.7 Å². The van der Waals surface area contributed by atoms with E-state index in [1.807, 2.05) is 20.8 Å². The quantitative estimate of drug-likeness (QED) is 0.657. The van der Waals surface area contributed by atoms with E-state index < -0.39 is 17.7 Å². The van der Waals surface area contributed by atoms with Crippen LogP contribution in [0.15, 0.2) is 48.5 Å². The monoisotopic (exact) mass is 395 g/mol. The summed E-state index contributed by atoms with van der Waals surface area (Å²) in [6.45, 7) is 5.91. The predicted molar refractivity (Wildman–Crippen MR) is 106 cm³/mol. The Morgan fingerprint density at radius 1 is 1.10 bits per heavy atom. The molecule has 0 saturated carbocycles. The van der Waals surface area contributed by atoms with Crippen molar-refractivity contribution in [1.82, 2.24) is 9.78 Å². The standard InChI is InChI=1S/C21H19F2N5O/c1-21(2,3)17-11-18(28(27-17)14-7-4-6-13(10-14)12-24)26-20(29)25-16-9-5-8-15(22)19(16)23/h4-11H,1-3H3,(H2,25,26,29). The zero-order valence-electron chi connectivity index (χ0n) is 16.1. The number of nitrogens with zero attached hydrogens (tertiary/aromatic N) is 3. The first kappa shape index (κ1) is 20.0. The van der Waals surface area contributed by atoms with E-state index in [0.717, 1.165) is 6.07 Å². The fourth-order valence-corrected chi connectivity index (χ4v) is 2.61. The summed E-state index contributed by atoms with van der Waals surface area (Å²) in [6.07, 6.45) is 0. The molecule has 0 spiro atoms. The Kier molecular flexibility index (Phi) is 5.33. The molecule has 29 heavy (non-hydrogen) atoms. The number of amides is 2. The van der Waals surface area contributed by atoms with Gasteiger partial charge in [0.25, 0.3) is 0 Å². The van der Waals surface area contributed by atoms with Gasteiger partial charge in [-0.05, 0) is 30.3 Å². The molecule has 2 amide bonds. The topological polar surface area (TPSA) is 82.7 Å².